The molecule has 0 unspecified atom stereocenters. The summed E-state index contributed by atoms with van der Waals surface area (Å²) in [6.45, 7) is 0. The van der Waals surface area contributed by atoms with Gasteiger partial charge in [-0.2, -0.15) is 9.67 Å². The smallest absolute Gasteiger partial charge is 0.241 e. The maximum atomic E-state index is 6.37. The fourth-order valence-electron chi connectivity index (χ4n) is 2.13. The van der Waals surface area contributed by atoms with Crippen molar-refractivity contribution in [1.29, 1.82) is 0 Å². The summed E-state index contributed by atoms with van der Waals surface area (Å²) in [6, 6.07) is 10.6. The average molecular weight is 355 g/mol. The Hall–Kier alpha value is -1.95. The zero-order valence-corrected chi connectivity index (χ0v) is 13.4. The standard InChI is InChI=1S/C14H10Cl3N5/c15-8-3-1-2-7(4-8)12-10(16)5-9(6-11(12)17)22-14(19)20-13(18)21-22/h1-6H,(H4,18,19,20,21). The number of aromatic nitrogens is 3. The van der Waals surface area contributed by atoms with Gasteiger partial charge in [0.2, 0.25) is 11.9 Å². The first kappa shape index (κ1) is 15.0. The Labute approximate surface area is 141 Å². The van der Waals surface area contributed by atoms with E-state index in [0.717, 1.165) is 5.56 Å². The fourth-order valence-corrected chi connectivity index (χ4v) is 3.02. The Morgan fingerprint density at radius 3 is 2.18 bits per heavy atom. The van der Waals surface area contributed by atoms with Crippen LogP contribution in [0.15, 0.2) is 36.4 Å². The highest BCUT2D eigenvalue weighted by molar-refractivity contribution is 6.39. The Bertz CT molecular complexity index is 836. The van der Waals surface area contributed by atoms with Crippen LogP contribution >= 0.6 is 34.8 Å². The number of hydrogen-bond donors (Lipinski definition) is 2. The van der Waals surface area contributed by atoms with Crippen LogP contribution in [0.2, 0.25) is 15.1 Å². The fraction of sp³-hybridized carbons (Fsp3) is 0. The number of hydrogen-bond acceptors (Lipinski definition) is 4. The van der Waals surface area contributed by atoms with E-state index in [0.29, 0.717) is 26.3 Å². The first-order valence-electron chi connectivity index (χ1n) is 6.19. The van der Waals surface area contributed by atoms with Crippen LogP contribution in [0.25, 0.3) is 16.8 Å². The second kappa shape index (κ2) is 5.68. The van der Waals surface area contributed by atoms with Crippen molar-refractivity contribution in [3.63, 3.8) is 0 Å². The number of benzene rings is 2. The van der Waals surface area contributed by atoms with Crippen molar-refractivity contribution in [2.75, 3.05) is 11.5 Å². The van der Waals surface area contributed by atoms with E-state index in [-0.39, 0.29) is 11.9 Å². The van der Waals surface area contributed by atoms with Crippen LogP contribution < -0.4 is 11.5 Å². The summed E-state index contributed by atoms with van der Waals surface area (Å²) in [5.41, 5.74) is 13.3. The van der Waals surface area contributed by atoms with E-state index in [1.54, 1.807) is 24.3 Å². The molecule has 0 bridgehead atoms. The van der Waals surface area contributed by atoms with Gasteiger partial charge in [0.1, 0.15) is 0 Å². The second-order valence-corrected chi connectivity index (χ2v) is 5.79. The number of nitrogens with two attached hydrogens (primary N) is 2. The normalized spacial score (nSPS) is 10.9. The van der Waals surface area contributed by atoms with Crippen molar-refractivity contribution in [2.45, 2.75) is 0 Å². The third-order valence-corrected chi connectivity index (χ3v) is 3.86. The van der Waals surface area contributed by atoms with E-state index in [1.807, 2.05) is 12.1 Å². The minimum absolute atomic E-state index is 0.0728. The number of rotatable bonds is 2. The molecular weight excluding hydrogens is 345 g/mol. The van der Waals surface area contributed by atoms with Gasteiger partial charge in [-0.05, 0) is 29.8 Å². The molecule has 0 spiro atoms. The van der Waals surface area contributed by atoms with Crippen LogP contribution in [0.3, 0.4) is 0 Å². The lowest BCUT2D eigenvalue weighted by atomic mass is 10.1. The number of halogens is 3. The summed E-state index contributed by atoms with van der Waals surface area (Å²) < 4.78 is 1.37. The van der Waals surface area contributed by atoms with Crippen LogP contribution in [0.5, 0.6) is 0 Å². The molecule has 5 nitrogen and oxygen atoms in total. The number of anilines is 2. The Balaban J connectivity index is 2.15. The summed E-state index contributed by atoms with van der Waals surface area (Å²) in [7, 11) is 0. The van der Waals surface area contributed by atoms with Crippen molar-refractivity contribution in [1.82, 2.24) is 14.8 Å². The van der Waals surface area contributed by atoms with Gasteiger partial charge in [-0.25, -0.2) is 0 Å². The molecule has 8 heteroatoms. The van der Waals surface area contributed by atoms with E-state index < -0.39 is 0 Å². The van der Waals surface area contributed by atoms with Gasteiger partial charge < -0.3 is 11.5 Å². The van der Waals surface area contributed by atoms with Crippen molar-refractivity contribution >= 4 is 46.7 Å². The van der Waals surface area contributed by atoms with Gasteiger partial charge in [-0.3, -0.25) is 0 Å². The molecule has 0 aliphatic heterocycles. The third kappa shape index (κ3) is 2.70. The highest BCUT2D eigenvalue weighted by atomic mass is 35.5. The monoisotopic (exact) mass is 353 g/mol. The molecule has 0 aliphatic rings. The molecule has 112 valence electrons. The van der Waals surface area contributed by atoms with Crippen molar-refractivity contribution in [2.24, 2.45) is 0 Å². The van der Waals surface area contributed by atoms with Crippen molar-refractivity contribution in [3.8, 4) is 16.8 Å². The number of nitrogens with zero attached hydrogens (tertiary/aromatic N) is 3. The maximum Gasteiger partial charge on any atom is 0.241 e. The molecule has 2 aromatic carbocycles. The first-order valence-corrected chi connectivity index (χ1v) is 7.32. The van der Waals surface area contributed by atoms with Crippen molar-refractivity contribution in [3.05, 3.63) is 51.5 Å². The maximum absolute atomic E-state index is 6.37. The molecular formula is C14H10Cl3N5. The summed E-state index contributed by atoms with van der Waals surface area (Å²) in [4.78, 5) is 3.84. The van der Waals surface area contributed by atoms with Crippen LogP contribution in [0.1, 0.15) is 0 Å². The molecule has 3 rings (SSSR count). The Kier molecular flexibility index (Phi) is 3.87. The molecule has 0 saturated heterocycles. The summed E-state index contributed by atoms with van der Waals surface area (Å²) >= 11 is 18.8. The minimum atomic E-state index is 0.0728. The van der Waals surface area contributed by atoms with E-state index >= 15 is 0 Å². The molecule has 3 aromatic rings. The highest BCUT2D eigenvalue weighted by Crippen LogP contribution is 2.37. The van der Waals surface area contributed by atoms with Gasteiger partial charge in [-0.1, -0.05) is 46.9 Å². The van der Waals surface area contributed by atoms with Gasteiger partial charge in [0, 0.05) is 10.6 Å². The zero-order valence-electron chi connectivity index (χ0n) is 11.1. The van der Waals surface area contributed by atoms with E-state index in [4.69, 9.17) is 46.3 Å². The zero-order chi connectivity index (χ0) is 15.9. The predicted molar refractivity (Wildman–Crippen MR) is 90.6 cm³/mol. The van der Waals surface area contributed by atoms with Crippen molar-refractivity contribution < 1.29 is 0 Å². The molecule has 0 aliphatic carbocycles. The van der Waals surface area contributed by atoms with Crippen LogP contribution in [0.4, 0.5) is 11.9 Å². The van der Waals surface area contributed by atoms with Crippen LogP contribution in [0, 0.1) is 0 Å². The van der Waals surface area contributed by atoms with E-state index in [9.17, 15) is 0 Å². The topological polar surface area (TPSA) is 82.7 Å². The molecule has 0 amide bonds. The molecule has 22 heavy (non-hydrogen) atoms. The summed E-state index contributed by atoms with van der Waals surface area (Å²) in [5, 5.41) is 5.48. The Morgan fingerprint density at radius 2 is 1.64 bits per heavy atom. The lowest BCUT2D eigenvalue weighted by molar-refractivity contribution is 0.896. The van der Waals surface area contributed by atoms with Gasteiger partial charge >= 0.3 is 0 Å². The molecule has 1 heterocycles. The van der Waals surface area contributed by atoms with Crippen LogP contribution in [-0.4, -0.2) is 14.8 Å². The van der Waals surface area contributed by atoms with Gasteiger partial charge in [0.15, 0.2) is 0 Å². The second-order valence-electron chi connectivity index (χ2n) is 4.53. The first-order chi connectivity index (χ1) is 10.5. The average Bonchev–Trinajstić information content (AvgIpc) is 2.77. The summed E-state index contributed by atoms with van der Waals surface area (Å²) in [6.07, 6.45) is 0. The predicted octanol–water partition coefficient (Wildman–Crippen LogP) is 4.06. The third-order valence-electron chi connectivity index (χ3n) is 3.03. The quantitative estimate of drug-likeness (QED) is 0.727. The highest BCUT2D eigenvalue weighted by Gasteiger charge is 2.14. The van der Waals surface area contributed by atoms with E-state index in [2.05, 4.69) is 10.1 Å². The van der Waals surface area contributed by atoms with E-state index in [1.165, 1.54) is 4.68 Å². The molecule has 1 aromatic heterocycles. The van der Waals surface area contributed by atoms with Gasteiger partial charge in [0.25, 0.3) is 0 Å². The molecule has 0 radical (unpaired) electrons. The van der Waals surface area contributed by atoms with Crippen LogP contribution in [-0.2, 0) is 0 Å². The lowest BCUT2D eigenvalue weighted by Crippen LogP contribution is -2.03. The van der Waals surface area contributed by atoms with Gasteiger partial charge in [-0.15, -0.1) is 5.10 Å². The number of nitrogen functional groups attached to an aromatic ring is 2. The Morgan fingerprint density at radius 1 is 0.955 bits per heavy atom. The molecule has 0 atom stereocenters. The largest absolute Gasteiger partial charge is 0.368 e. The van der Waals surface area contributed by atoms with Gasteiger partial charge in [0.05, 0.1) is 15.7 Å². The molecule has 4 N–H and O–H groups in total. The SMILES string of the molecule is Nc1nc(N)n(-c2cc(Cl)c(-c3cccc(Cl)c3)c(Cl)c2)n1. The minimum Gasteiger partial charge on any atom is -0.368 e. The lowest BCUT2D eigenvalue weighted by Gasteiger charge is -2.11. The molecule has 0 fully saturated rings. The summed E-state index contributed by atoms with van der Waals surface area (Å²) in [5.74, 6) is 0.226. The molecule has 0 saturated carbocycles.